The lowest BCUT2D eigenvalue weighted by atomic mass is 9.98. The van der Waals surface area contributed by atoms with E-state index in [1.807, 2.05) is 62.7 Å². The van der Waals surface area contributed by atoms with E-state index in [1.54, 1.807) is 0 Å². The number of hydrogen-bond donors (Lipinski definition) is 4. The van der Waals surface area contributed by atoms with Crippen molar-refractivity contribution < 1.29 is 28.7 Å². The molecule has 326 valence electrons. The number of carbonyl (C=O) groups is 4. The Hall–Kier alpha value is -5.89. The van der Waals surface area contributed by atoms with Crippen LogP contribution in [0.5, 0.6) is 0 Å². The van der Waals surface area contributed by atoms with Crippen molar-refractivity contribution in [1.82, 2.24) is 40.4 Å². The molecule has 2 aromatic heterocycles. The molecular formula is C47H55ClN8O6. The predicted octanol–water partition coefficient (Wildman–Crippen LogP) is 8.66. The molecular weight excluding hydrogens is 808 g/mol. The molecule has 8 rings (SSSR count). The van der Waals surface area contributed by atoms with Crippen LogP contribution in [0, 0.1) is 23.7 Å². The van der Waals surface area contributed by atoms with Gasteiger partial charge in [0.15, 0.2) is 5.15 Å². The molecule has 3 fully saturated rings. The summed E-state index contributed by atoms with van der Waals surface area (Å²) in [5, 5.41) is 7.95. The molecule has 4 amide bonds. The number of imidazole rings is 2. The molecule has 15 heteroatoms. The number of nitrogens with one attached hydrogen (secondary N) is 4. The standard InChI is InChI=1S/C47H55ClN8O6/c1-23(2)38(52-46(59)61-7)44(57)55-26(6)25(5)17-36(55)43-51-40(41(48)54-43)28-11-9-27(10-12-28)29-13-14-31-19-32(16-15-30(31)18-29)34-22-49-42(50-34)37-21-33-20-35(33)56(37)45(58)39(24(3)4)53-47(60)62-8/h9-16,18-19,22-26,33,35-39H,17,20-21H2,1-8H3,(H,49,50)(H,51,54)(H,52,59)(H,53,60)/t25-,26-,33-,35-,36+,37+,38+,39+/m1/s1. The van der Waals surface area contributed by atoms with Gasteiger partial charge in [-0.1, -0.05) is 94.8 Å². The second kappa shape index (κ2) is 17.1. The maximum absolute atomic E-state index is 14.0. The molecule has 2 saturated heterocycles. The molecule has 8 atom stereocenters. The predicted molar refractivity (Wildman–Crippen MR) is 237 cm³/mol. The Morgan fingerprint density at radius 3 is 1.87 bits per heavy atom. The number of ether oxygens (including phenoxy) is 2. The van der Waals surface area contributed by atoms with Crippen molar-refractivity contribution in [2.75, 3.05) is 14.2 Å². The Bertz CT molecular complexity index is 2500. The first-order valence-electron chi connectivity index (χ1n) is 21.5. The summed E-state index contributed by atoms with van der Waals surface area (Å²) in [5.41, 5.74) is 5.50. The molecule has 3 aliphatic rings. The van der Waals surface area contributed by atoms with Gasteiger partial charge in [-0.05, 0) is 83.9 Å². The summed E-state index contributed by atoms with van der Waals surface area (Å²) < 4.78 is 9.62. The first-order valence-corrected chi connectivity index (χ1v) is 21.8. The fourth-order valence-corrected chi connectivity index (χ4v) is 9.60. The second-order valence-electron chi connectivity index (χ2n) is 17.8. The van der Waals surface area contributed by atoms with E-state index in [1.165, 1.54) is 14.2 Å². The van der Waals surface area contributed by atoms with E-state index in [2.05, 4.69) is 76.1 Å². The van der Waals surface area contributed by atoms with E-state index in [0.29, 0.717) is 29.0 Å². The fraction of sp³-hybridized carbons (Fsp3) is 0.447. The number of likely N-dealkylation sites (tertiary alicyclic amines) is 2. The van der Waals surface area contributed by atoms with Gasteiger partial charge in [0, 0.05) is 23.2 Å². The third-order valence-corrected chi connectivity index (χ3v) is 13.4. The number of methoxy groups -OCH3 is 2. The monoisotopic (exact) mass is 862 g/mol. The topological polar surface area (TPSA) is 175 Å². The SMILES string of the molecule is COC(=O)N[C@H](C(=O)N1[C@H](C)[C@H](C)C[C@H]1c1nc(Cl)c(-c2ccc(-c3ccc4cc(-c5cnc([C@@H]6C[C@H]7C[C@H]7N6C(=O)[C@@H](NC(=O)OC)C(C)C)[nH]5)ccc4c3)cc2)[nH]1)C(C)C. The Morgan fingerprint density at radius 1 is 0.710 bits per heavy atom. The van der Waals surface area contributed by atoms with Gasteiger partial charge in [-0.3, -0.25) is 9.59 Å². The maximum Gasteiger partial charge on any atom is 0.407 e. The zero-order chi connectivity index (χ0) is 44.1. The van der Waals surface area contributed by atoms with Gasteiger partial charge in [0.25, 0.3) is 0 Å². The maximum atomic E-state index is 14.0. The number of aromatic nitrogens is 4. The van der Waals surface area contributed by atoms with Crippen molar-refractivity contribution in [2.24, 2.45) is 23.7 Å². The number of alkyl carbamates (subject to hydrolysis) is 2. The van der Waals surface area contributed by atoms with Gasteiger partial charge in [-0.25, -0.2) is 19.6 Å². The van der Waals surface area contributed by atoms with E-state index < -0.39 is 24.3 Å². The lowest BCUT2D eigenvalue weighted by Gasteiger charge is -2.33. The molecule has 0 unspecified atom stereocenters. The number of halogens is 1. The largest absolute Gasteiger partial charge is 0.453 e. The zero-order valence-corrected chi connectivity index (χ0v) is 37.1. The average molecular weight is 863 g/mol. The minimum atomic E-state index is -0.751. The van der Waals surface area contributed by atoms with Crippen LogP contribution in [0.2, 0.25) is 5.15 Å². The minimum Gasteiger partial charge on any atom is -0.453 e. The highest BCUT2D eigenvalue weighted by Crippen LogP contribution is 2.53. The van der Waals surface area contributed by atoms with Crippen LogP contribution >= 0.6 is 11.6 Å². The molecule has 0 radical (unpaired) electrons. The van der Waals surface area contributed by atoms with Gasteiger partial charge >= 0.3 is 12.2 Å². The number of nitrogens with zero attached hydrogens (tertiary/aromatic N) is 4. The van der Waals surface area contributed by atoms with Crippen molar-refractivity contribution in [3.63, 3.8) is 0 Å². The number of fused-ring (bicyclic) bond motifs is 2. The van der Waals surface area contributed by atoms with Crippen LogP contribution in [0.25, 0.3) is 44.4 Å². The van der Waals surface area contributed by atoms with Crippen molar-refractivity contribution in [1.29, 1.82) is 0 Å². The van der Waals surface area contributed by atoms with Crippen molar-refractivity contribution in [3.05, 3.63) is 83.7 Å². The van der Waals surface area contributed by atoms with Crippen LogP contribution in [-0.4, -0.2) is 92.1 Å². The Labute approximate surface area is 366 Å². The highest BCUT2D eigenvalue weighted by atomic mass is 35.5. The van der Waals surface area contributed by atoms with E-state index in [-0.39, 0.29) is 53.7 Å². The Kier molecular flexibility index (Phi) is 11.8. The average Bonchev–Trinajstić information content (AvgIpc) is 3.61. The lowest BCUT2D eigenvalue weighted by Crippen LogP contribution is -2.53. The van der Waals surface area contributed by atoms with Gasteiger partial charge in [0.2, 0.25) is 11.8 Å². The number of carbonyl (C=O) groups excluding carboxylic acids is 4. The van der Waals surface area contributed by atoms with Crippen LogP contribution in [0.4, 0.5) is 9.59 Å². The number of benzene rings is 3. The van der Waals surface area contributed by atoms with Crippen molar-refractivity contribution in [3.8, 4) is 33.6 Å². The highest BCUT2D eigenvalue weighted by Gasteiger charge is 2.56. The van der Waals surface area contributed by atoms with Crippen LogP contribution < -0.4 is 10.6 Å². The summed E-state index contributed by atoms with van der Waals surface area (Å²) in [7, 11) is 2.59. The molecule has 1 saturated carbocycles. The van der Waals surface area contributed by atoms with E-state index >= 15 is 0 Å². The van der Waals surface area contributed by atoms with Crippen LogP contribution in [-0.2, 0) is 19.1 Å². The van der Waals surface area contributed by atoms with Gasteiger partial charge in [0.1, 0.15) is 23.7 Å². The number of rotatable bonds is 11. The summed E-state index contributed by atoms with van der Waals surface area (Å²) in [6, 6.07) is 19.0. The molecule has 14 nitrogen and oxygen atoms in total. The number of piperidine rings is 1. The van der Waals surface area contributed by atoms with Crippen LogP contribution in [0.15, 0.2) is 66.9 Å². The van der Waals surface area contributed by atoms with Crippen LogP contribution in [0.3, 0.4) is 0 Å². The molecule has 0 spiro atoms. The Balaban J connectivity index is 0.973. The molecule has 3 aromatic carbocycles. The molecule has 1 aliphatic carbocycles. The molecule has 62 heavy (non-hydrogen) atoms. The number of amides is 4. The smallest absolute Gasteiger partial charge is 0.407 e. The van der Waals surface area contributed by atoms with Gasteiger partial charge in [-0.2, -0.15) is 0 Å². The number of H-pyrrole nitrogens is 2. The number of hydrogen-bond acceptors (Lipinski definition) is 8. The first-order chi connectivity index (χ1) is 29.7. The lowest BCUT2D eigenvalue weighted by molar-refractivity contribution is -0.138. The first kappa shape index (κ1) is 42.8. The van der Waals surface area contributed by atoms with Crippen molar-refractivity contribution >= 4 is 46.4 Å². The zero-order valence-electron chi connectivity index (χ0n) is 36.4. The molecule has 4 heterocycles. The van der Waals surface area contributed by atoms with E-state index in [9.17, 15) is 19.2 Å². The molecule has 0 bridgehead atoms. The van der Waals surface area contributed by atoms with Crippen molar-refractivity contribution in [2.45, 2.75) is 97.1 Å². The quantitative estimate of drug-likeness (QED) is 0.102. The third-order valence-electron chi connectivity index (χ3n) is 13.2. The van der Waals surface area contributed by atoms with Gasteiger partial charge < -0.3 is 39.9 Å². The van der Waals surface area contributed by atoms with Gasteiger partial charge in [0.05, 0.1) is 43.9 Å². The van der Waals surface area contributed by atoms with E-state index in [4.69, 9.17) is 31.0 Å². The third kappa shape index (κ3) is 8.12. The normalized spacial score (nSPS) is 22.8. The summed E-state index contributed by atoms with van der Waals surface area (Å²) in [6.07, 6.45) is 3.07. The van der Waals surface area contributed by atoms with Crippen LogP contribution in [0.1, 0.15) is 84.5 Å². The number of aromatic amines is 2. The summed E-state index contributed by atoms with van der Waals surface area (Å²) >= 11 is 6.78. The second-order valence-corrected chi connectivity index (χ2v) is 18.2. The highest BCUT2D eigenvalue weighted by molar-refractivity contribution is 6.32. The minimum absolute atomic E-state index is 0.0773. The molecule has 5 aromatic rings. The fourth-order valence-electron chi connectivity index (χ4n) is 9.35. The van der Waals surface area contributed by atoms with Gasteiger partial charge in [-0.15, -0.1) is 0 Å². The summed E-state index contributed by atoms with van der Waals surface area (Å²) in [4.78, 5) is 72.2. The van der Waals surface area contributed by atoms with E-state index in [0.717, 1.165) is 57.4 Å². The summed E-state index contributed by atoms with van der Waals surface area (Å²) in [6.45, 7) is 11.8. The molecule has 4 N–H and O–H groups in total. The Morgan fingerprint density at radius 2 is 1.26 bits per heavy atom. The summed E-state index contributed by atoms with van der Waals surface area (Å²) in [5.74, 6) is 1.45. The molecule has 2 aliphatic heterocycles.